The summed E-state index contributed by atoms with van der Waals surface area (Å²) in [5, 5.41) is 8.22. The molecule has 1 aliphatic rings. The zero-order valence-corrected chi connectivity index (χ0v) is 19.9. The normalized spacial score (nSPS) is 12.8. The third kappa shape index (κ3) is 5.28. The first-order valence-electron chi connectivity index (χ1n) is 11.6. The van der Waals surface area contributed by atoms with Crippen LogP contribution < -0.4 is 5.32 Å². The molecule has 1 aliphatic heterocycles. The van der Waals surface area contributed by atoms with Crippen LogP contribution in [0.4, 0.5) is 5.82 Å². The van der Waals surface area contributed by atoms with E-state index in [0.29, 0.717) is 23.9 Å². The van der Waals surface area contributed by atoms with Crippen molar-refractivity contribution in [1.82, 2.24) is 14.7 Å². The lowest BCUT2D eigenvalue weighted by molar-refractivity contribution is -0.133. The van der Waals surface area contributed by atoms with Crippen molar-refractivity contribution in [1.29, 1.82) is 0 Å². The Morgan fingerprint density at radius 2 is 1.66 bits per heavy atom. The van der Waals surface area contributed by atoms with E-state index >= 15 is 0 Å². The lowest BCUT2D eigenvalue weighted by Gasteiger charge is -2.28. The fourth-order valence-corrected chi connectivity index (χ4v) is 4.50. The summed E-state index contributed by atoms with van der Waals surface area (Å²) >= 11 is 6.20. The number of halogens is 1. The second-order valence-corrected chi connectivity index (χ2v) is 8.99. The van der Waals surface area contributed by atoms with Crippen molar-refractivity contribution in [2.24, 2.45) is 0 Å². The molecule has 0 unspecified atom stereocenters. The monoisotopic (exact) mass is 484 g/mol. The van der Waals surface area contributed by atoms with Crippen LogP contribution in [0.1, 0.15) is 24.0 Å². The molecule has 1 aromatic heterocycles. The number of nitrogens with one attached hydrogen (secondary N) is 1. The highest BCUT2D eigenvalue weighted by Crippen LogP contribution is 2.26. The van der Waals surface area contributed by atoms with Crippen LogP contribution in [-0.4, -0.2) is 33.0 Å². The molecule has 7 heteroatoms. The summed E-state index contributed by atoms with van der Waals surface area (Å²) in [6.45, 7) is 1.28. The maximum Gasteiger partial charge on any atom is 0.226 e. The highest BCUT2D eigenvalue weighted by Gasteiger charge is 2.21. The van der Waals surface area contributed by atoms with Crippen molar-refractivity contribution in [3.8, 4) is 16.9 Å². The lowest BCUT2D eigenvalue weighted by atomic mass is 9.99. The van der Waals surface area contributed by atoms with E-state index in [9.17, 15) is 9.59 Å². The molecular weight excluding hydrogens is 460 g/mol. The van der Waals surface area contributed by atoms with Gasteiger partial charge in [-0.2, -0.15) is 5.10 Å². The van der Waals surface area contributed by atoms with Gasteiger partial charge in [-0.1, -0.05) is 72.3 Å². The van der Waals surface area contributed by atoms with Crippen LogP contribution in [0.2, 0.25) is 5.02 Å². The van der Waals surface area contributed by atoms with Gasteiger partial charge in [-0.05, 0) is 35.7 Å². The molecule has 176 valence electrons. The van der Waals surface area contributed by atoms with E-state index in [2.05, 4.69) is 17.4 Å². The van der Waals surface area contributed by atoms with Crippen LogP contribution in [0.5, 0.6) is 0 Å². The molecule has 0 saturated carbocycles. The van der Waals surface area contributed by atoms with Gasteiger partial charge in [0.2, 0.25) is 11.8 Å². The Kier molecular flexibility index (Phi) is 6.64. The quantitative estimate of drug-likeness (QED) is 0.393. The molecule has 3 aromatic carbocycles. The fraction of sp³-hybridized carbons (Fsp3) is 0.179. The SMILES string of the molecule is O=C(CCC(=O)N1CCc2ccccc2C1)Nc1cc(-c2ccccc2)nn1-c1cccc(Cl)c1. The molecular formula is C28H25ClN4O2. The van der Waals surface area contributed by atoms with Crippen molar-refractivity contribution >= 4 is 29.2 Å². The molecule has 1 N–H and O–H groups in total. The summed E-state index contributed by atoms with van der Waals surface area (Å²) in [7, 11) is 0. The zero-order valence-electron chi connectivity index (χ0n) is 19.2. The van der Waals surface area contributed by atoms with E-state index in [1.54, 1.807) is 16.8 Å². The molecule has 0 aliphatic carbocycles. The van der Waals surface area contributed by atoms with Gasteiger partial charge in [0.15, 0.2) is 0 Å². The summed E-state index contributed by atoms with van der Waals surface area (Å²) in [6.07, 6.45) is 1.10. The van der Waals surface area contributed by atoms with E-state index in [1.165, 1.54) is 11.1 Å². The number of benzene rings is 3. The van der Waals surface area contributed by atoms with E-state index in [0.717, 1.165) is 23.4 Å². The van der Waals surface area contributed by atoms with Gasteiger partial charge in [0.25, 0.3) is 0 Å². The highest BCUT2D eigenvalue weighted by atomic mass is 35.5. The number of fused-ring (bicyclic) bond motifs is 1. The number of nitrogens with zero attached hydrogens (tertiary/aromatic N) is 3. The minimum absolute atomic E-state index is 0.0111. The number of carbonyl (C=O) groups excluding carboxylic acids is 2. The number of rotatable bonds is 6. The first-order valence-corrected chi connectivity index (χ1v) is 12.0. The smallest absolute Gasteiger partial charge is 0.226 e. The Morgan fingerprint density at radius 1 is 0.886 bits per heavy atom. The maximum absolute atomic E-state index is 12.8. The van der Waals surface area contributed by atoms with Gasteiger partial charge in [0.05, 0.1) is 11.4 Å². The molecule has 0 bridgehead atoms. The molecule has 6 nitrogen and oxygen atoms in total. The van der Waals surface area contributed by atoms with Crippen LogP contribution >= 0.6 is 11.6 Å². The summed E-state index contributed by atoms with van der Waals surface area (Å²) in [5.74, 6) is 0.275. The summed E-state index contributed by atoms with van der Waals surface area (Å²) in [6, 6.07) is 27.1. The number of carbonyl (C=O) groups is 2. The highest BCUT2D eigenvalue weighted by molar-refractivity contribution is 6.30. The number of anilines is 1. The second-order valence-electron chi connectivity index (χ2n) is 8.55. The minimum Gasteiger partial charge on any atom is -0.338 e. The largest absolute Gasteiger partial charge is 0.338 e. The van der Waals surface area contributed by atoms with E-state index in [-0.39, 0.29) is 24.7 Å². The first-order chi connectivity index (χ1) is 17.1. The van der Waals surface area contributed by atoms with Gasteiger partial charge in [0.1, 0.15) is 5.82 Å². The topological polar surface area (TPSA) is 67.2 Å². The Labute approximate surface area is 209 Å². The summed E-state index contributed by atoms with van der Waals surface area (Å²) < 4.78 is 1.66. The third-order valence-electron chi connectivity index (χ3n) is 6.15. The summed E-state index contributed by atoms with van der Waals surface area (Å²) in [5.41, 5.74) is 4.86. The Hall–Kier alpha value is -3.90. The molecule has 2 amide bonds. The van der Waals surface area contributed by atoms with Crippen LogP contribution in [0, 0.1) is 0 Å². The van der Waals surface area contributed by atoms with E-state index in [4.69, 9.17) is 16.7 Å². The van der Waals surface area contributed by atoms with Gasteiger partial charge in [0, 0.05) is 42.6 Å². The second kappa shape index (κ2) is 10.2. The molecule has 4 aromatic rings. The fourth-order valence-electron chi connectivity index (χ4n) is 4.32. The van der Waals surface area contributed by atoms with Crippen molar-refractivity contribution in [3.05, 3.63) is 101 Å². The molecule has 0 spiro atoms. The molecule has 0 fully saturated rings. The predicted molar refractivity (Wildman–Crippen MR) is 137 cm³/mol. The molecule has 2 heterocycles. The molecule has 0 radical (unpaired) electrons. The van der Waals surface area contributed by atoms with Gasteiger partial charge in [-0.15, -0.1) is 0 Å². The predicted octanol–water partition coefficient (Wildman–Crippen LogP) is 5.50. The average molecular weight is 485 g/mol. The number of hydrogen-bond donors (Lipinski definition) is 1. The van der Waals surface area contributed by atoms with Crippen molar-refractivity contribution in [2.75, 3.05) is 11.9 Å². The Morgan fingerprint density at radius 3 is 2.46 bits per heavy atom. The van der Waals surface area contributed by atoms with Gasteiger partial charge in [-0.3, -0.25) is 9.59 Å². The zero-order chi connectivity index (χ0) is 24.2. The molecule has 35 heavy (non-hydrogen) atoms. The van der Waals surface area contributed by atoms with Crippen LogP contribution in [0.3, 0.4) is 0 Å². The molecule has 0 atom stereocenters. The van der Waals surface area contributed by atoms with Gasteiger partial charge < -0.3 is 10.2 Å². The Bertz CT molecular complexity index is 1370. The maximum atomic E-state index is 12.8. The van der Waals surface area contributed by atoms with E-state index < -0.39 is 0 Å². The Balaban J connectivity index is 1.29. The molecule has 5 rings (SSSR count). The number of amides is 2. The number of hydrogen-bond acceptors (Lipinski definition) is 3. The first kappa shape index (κ1) is 22.9. The van der Waals surface area contributed by atoms with Crippen molar-refractivity contribution in [2.45, 2.75) is 25.8 Å². The van der Waals surface area contributed by atoms with Crippen LogP contribution in [0.25, 0.3) is 16.9 Å². The number of aromatic nitrogens is 2. The van der Waals surface area contributed by atoms with E-state index in [1.807, 2.05) is 65.6 Å². The third-order valence-corrected chi connectivity index (χ3v) is 6.38. The minimum atomic E-state index is -0.237. The van der Waals surface area contributed by atoms with Crippen LogP contribution in [0.15, 0.2) is 84.9 Å². The average Bonchev–Trinajstić information content (AvgIpc) is 3.31. The standard InChI is InChI=1S/C28H25ClN4O2/c29-23-11-6-12-24(17-23)33-26(18-25(31-33)21-8-2-1-3-9-21)30-27(34)13-14-28(35)32-16-15-20-7-4-5-10-22(20)19-32/h1-12,17-18H,13-16,19H2,(H,30,34). The molecule has 0 saturated heterocycles. The van der Waals surface area contributed by atoms with Gasteiger partial charge in [-0.25, -0.2) is 4.68 Å². The summed E-state index contributed by atoms with van der Waals surface area (Å²) in [4.78, 5) is 27.5. The lowest BCUT2D eigenvalue weighted by Crippen LogP contribution is -2.36. The van der Waals surface area contributed by atoms with Crippen molar-refractivity contribution in [3.63, 3.8) is 0 Å². The van der Waals surface area contributed by atoms with Gasteiger partial charge >= 0.3 is 0 Å². The van der Waals surface area contributed by atoms with Crippen molar-refractivity contribution < 1.29 is 9.59 Å². The van der Waals surface area contributed by atoms with Crippen LogP contribution in [-0.2, 0) is 22.6 Å².